The van der Waals surface area contributed by atoms with Gasteiger partial charge in [-0.15, -0.1) is 0 Å². The molecule has 0 spiro atoms. The molecule has 0 bridgehead atoms. The van der Waals surface area contributed by atoms with E-state index in [2.05, 4.69) is 26.8 Å². The first kappa shape index (κ1) is 12.9. The standard InChI is InChI=1S/C16H27N/c1-12(2)14-10-9-13(3)16(11-14)17-15-7-5-4-6-8-15/h9,12,14-15H,4-8,10-11H2,1-3H3/t14-/m1/s1. The Morgan fingerprint density at radius 2 is 1.88 bits per heavy atom. The fourth-order valence-corrected chi connectivity index (χ4v) is 3.03. The van der Waals surface area contributed by atoms with Crippen molar-refractivity contribution in [3.63, 3.8) is 0 Å². The Balaban J connectivity index is 2.04. The van der Waals surface area contributed by atoms with Crippen LogP contribution in [0.4, 0.5) is 0 Å². The third kappa shape index (κ3) is 3.43. The molecular weight excluding hydrogens is 206 g/mol. The molecule has 17 heavy (non-hydrogen) atoms. The summed E-state index contributed by atoms with van der Waals surface area (Å²) in [6.45, 7) is 6.94. The predicted molar refractivity (Wildman–Crippen MR) is 75.6 cm³/mol. The largest absolute Gasteiger partial charge is 0.286 e. The molecule has 1 atom stereocenters. The fourth-order valence-electron chi connectivity index (χ4n) is 3.03. The van der Waals surface area contributed by atoms with Crippen molar-refractivity contribution in [1.29, 1.82) is 0 Å². The predicted octanol–water partition coefficient (Wildman–Crippen LogP) is 4.77. The van der Waals surface area contributed by atoms with Gasteiger partial charge < -0.3 is 0 Å². The molecule has 0 aliphatic heterocycles. The quantitative estimate of drug-likeness (QED) is 0.651. The summed E-state index contributed by atoms with van der Waals surface area (Å²) < 4.78 is 0. The highest BCUT2D eigenvalue weighted by molar-refractivity contribution is 6.00. The van der Waals surface area contributed by atoms with Crippen molar-refractivity contribution in [3.05, 3.63) is 11.6 Å². The van der Waals surface area contributed by atoms with E-state index in [9.17, 15) is 0 Å². The Bertz CT molecular complexity index is 305. The van der Waals surface area contributed by atoms with E-state index in [0.29, 0.717) is 6.04 Å². The topological polar surface area (TPSA) is 12.4 Å². The lowest BCUT2D eigenvalue weighted by atomic mass is 9.81. The number of aliphatic imine (C=N–C) groups is 1. The van der Waals surface area contributed by atoms with Crippen LogP contribution in [0, 0.1) is 11.8 Å². The van der Waals surface area contributed by atoms with Crippen LogP contribution < -0.4 is 0 Å². The zero-order valence-electron chi connectivity index (χ0n) is 11.7. The number of hydrogen-bond acceptors (Lipinski definition) is 1. The summed E-state index contributed by atoms with van der Waals surface area (Å²) in [5, 5.41) is 0. The Hall–Kier alpha value is -0.590. The van der Waals surface area contributed by atoms with E-state index in [0.717, 1.165) is 11.8 Å². The minimum atomic E-state index is 0.632. The van der Waals surface area contributed by atoms with Crippen LogP contribution >= 0.6 is 0 Å². The van der Waals surface area contributed by atoms with Crippen molar-refractivity contribution in [1.82, 2.24) is 0 Å². The summed E-state index contributed by atoms with van der Waals surface area (Å²) in [6.07, 6.45) is 11.7. The van der Waals surface area contributed by atoms with Gasteiger partial charge in [0.2, 0.25) is 0 Å². The van der Waals surface area contributed by atoms with Gasteiger partial charge in [0.05, 0.1) is 6.04 Å². The molecule has 2 aliphatic rings. The molecule has 0 aromatic heterocycles. The van der Waals surface area contributed by atoms with Gasteiger partial charge in [-0.2, -0.15) is 0 Å². The molecule has 2 aliphatic carbocycles. The summed E-state index contributed by atoms with van der Waals surface area (Å²) in [6, 6.07) is 0.632. The van der Waals surface area contributed by atoms with Crippen LogP contribution in [0.15, 0.2) is 16.6 Å². The van der Waals surface area contributed by atoms with E-state index in [1.54, 1.807) is 0 Å². The van der Waals surface area contributed by atoms with Gasteiger partial charge in [-0.3, -0.25) is 4.99 Å². The van der Waals surface area contributed by atoms with Gasteiger partial charge in [0.25, 0.3) is 0 Å². The van der Waals surface area contributed by atoms with E-state index in [4.69, 9.17) is 4.99 Å². The Morgan fingerprint density at radius 1 is 1.18 bits per heavy atom. The lowest BCUT2D eigenvalue weighted by Crippen LogP contribution is -2.21. The maximum atomic E-state index is 5.06. The van der Waals surface area contributed by atoms with E-state index >= 15 is 0 Å². The molecule has 1 heteroatoms. The van der Waals surface area contributed by atoms with Gasteiger partial charge >= 0.3 is 0 Å². The molecule has 96 valence electrons. The summed E-state index contributed by atoms with van der Waals surface area (Å²) >= 11 is 0. The van der Waals surface area contributed by atoms with Gasteiger partial charge in [0.15, 0.2) is 0 Å². The second-order valence-corrected chi connectivity index (χ2v) is 6.20. The SMILES string of the molecule is CC1=CC[C@@H](C(C)C)CC1=NC1CCCCC1. The molecule has 1 saturated carbocycles. The maximum Gasteiger partial charge on any atom is 0.0503 e. The first-order valence-corrected chi connectivity index (χ1v) is 7.40. The monoisotopic (exact) mass is 233 g/mol. The molecular formula is C16H27N. The van der Waals surface area contributed by atoms with Crippen LogP contribution in [-0.2, 0) is 0 Å². The van der Waals surface area contributed by atoms with Crippen LogP contribution in [0.2, 0.25) is 0 Å². The molecule has 0 N–H and O–H groups in total. The van der Waals surface area contributed by atoms with E-state index in [-0.39, 0.29) is 0 Å². The third-order valence-electron chi connectivity index (χ3n) is 4.49. The van der Waals surface area contributed by atoms with E-state index < -0.39 is 0 Å². The van der Waals surface area contributed by atoms with Crippen molar-refractivity contribution in [3.8, 4) is 0 Å². The Morgan fingerprint density at radius 3 is 2.53 bits per heavy atom. The van der Waals surface area contributed by atoms with Crippen LogP contribution in [0.5, 0.6) is 0 Å². The molecule has 0 radical (unpaired) electrons. The smallest absolute Gasteiger partial charge is 0.0503 e. The molecule has 0 unspecified atom stereocenters. The van der Waals surface area contributed by atoms with Crippen molar-refractivity contribution in [2.45, 2.75) is 71.8 Å². The van der Waals surface area contributed by atoms with Gasteiger partial charge in [-0.25, -0.2) is 0 Å². The molecule has 1 nitrogen and oxygen atoms in total. The third-order valence-corrected chi connectivity index (χ3v) is 4.49. The molecule has 2 rings (SSSR count). The summed E-state index contributed by atoms with van der Waals surface area (Å²) in [4.78, 5) is 5.06. The molecule has 1 fully saturated rings. The Kier molecular flexibility index (Phi) is 4.42. The average Bonchev–Trinajstić information content (AvgIpc) is 2.33. The highest BCUT2D eigenvalue weighted by Crippen LogP contribution is 2.29. The minimum Gasteiger partial charge on any atom is -0.286 e. The normalized spacial score (nSPS) is 29.8. The highest BCUT2D eigenvalue weighted by Gasteiger charge is 2.22. The molecule has 0 heterocycles. The van der Waals surface area contributed by atoms with Gasteiger partial charge in [-0.1, -0.05) is 39.2 Å². The average molecular weight is 233 g/mol. The van der Waals surface area contributed by atoms with E-state index in [1.807, 2.05) is 0 Å². The number of allylic oxidation sites excluding steroid dienone is 2. The number of rotatable bonds is 2. The number of hydrogen-bond donors (Lipinski definition) is 0. The van der Waals surface area contributed by atoms with Crippen molar-refractivity contribution in [2.75, 3.05) is 0 Å². The Labute approximate surface area is 106 Å². The maximum absolute atomic E-state index is 5.06. The summed E-state index contributed by atoms with van der Waals surface area (Å²) in [5.74, 6) is 1.61. The highest BCUT2D eigenvalue weighted by atomic mass is 14.8. The van der Waals surface area contributed by atoms with Crippen LogP contribution in [0.3, 0.4) is 0 Å². The fraction of sp³-hybridized carbons (Fsp3) is 0.812. The second-order valence-electron chi connectivity index (χ2n) is 6.20. The molecule has 0 saturated heterocycles. The van der Waals surface area contributed by atoms with Gasteiger partial charge in [-0.05, 0) is 50.0 Å². The minimum absolute atomic E-state index is 0.632. The first-order valence-electron chi connectivity index (χ1n) is 7.40. The summed E-state index contributed by atoms with van der Waals surface area (Å²) in [7, 11) is 0. The lowest BCUT2D eigenvalue weighted by molar-refractivity contribution is 0.392. The second kappa shape index (κ2) is 5.84. The molecule has 0 aromatic carbocycles. The zero-order chi connectivity index (χ0) is 12.3. The lowest BCUT2D eigenvalue weighted by Gasteiger charge is -2.27. The first-order chi connectivity index (χ1) is 8.16. The van der Waals surface area contributed by atoms with Gasteiger partial charge in [0.1, 0.15) is 0 Å². The van der Waals surface area contributed by atoms with Crippen LogP contribution in [0.25, 0.3) is 0 Å². The molecule has 0 aromatic rings. The van der Waals surface area contributed by atoms with Crippen LogP contribution in [-0.4, -0.2) is 11.8 Å². The molecule has 0 amide bonds. The summed E-state index contributed by atoms with van der Waals surface area (Å²) in [5.41, 5.74) is 2.87. The van der Waals surface area contributed by atoms with Gasteiger partial charge in [0, 0.05) is 5.71 Å². The zero-order valence-corrected chi connectivity index (χ0v) is 11.7. The van der Waals surface area contributed by atoms with Crippen molar-refractivity contribution < 1.29 is 0 Å². The van der Waals surface area contributed by atoms with Crippen LogP contribution in [0.1, 0.15) is 65.7 Å². The number of nitrogens with zero attached hydrogens (tertiary/aromatic N) is 1. The van der Waals surface area contributed by atoms with Crippen molar-refractivity contribution >= 4 is 5.71 Å². The van der Waals surface area contributed by atoms with E-state index in [1.165, 1.54) is 56.2 Å². The van der Waals surface area contributed by atoms with Crippen molar-refractivity contribution in [2.24, 2.45) is 16.8 Å².